The second kappa shape index (κ2) is 6.37. The Morgan fingerprint density at radius 2 is 1.82 bits per heavy atom. The summed E-state index contributed by atoms with van der Waals surface area (Å²) in [6.07, 6.45) is -4.51. The number of anilines is 1. The molecule has 0 fully saturated rings. The summed E-state index contributed by atoms with van der Waals surface area (Å²) in [5.74, 6) is 0.228. The molecule has 0 aromatic heterocycles. The molecular formula is C15H11F3N2O2. The van der Waals surface area contributed by atoms with Crippen LogP contribution in [-0.4, -0.2) is 5.26 Å². The quantitative estimate of drug-likeness (QED) is 0.661. The minimum absolute atomic E-state index is 0.129. The second-order valence-electron chi connectivity index (χ2n) is 4.46. The zero-order chi connectivity index (χ0) is 16.2. The van der Waals surface area contributed by atoms with E-state index in [9.17, 15) is 13.2 Å². The fourth-order valence-electron chi connectivity index (χ4n) is 1.87. The Balaban J connectivity index is 2.22. The summed E-state index contributed by atoms with van der Waals surface area (Å²) >= 11 is 0. The summed E-state index contributed by atoms with van der Waals surface area (Å²) in [5, 5.41) is 19.9. The van der Waals surface area contributed by atoms with Gasteiger partial charge in [0.25, 0.3) is 0 Å². The Hall–Kier alpha value is -2.72. The number of nitrogens with one attached hydrogen (secondary N) is 1. The van der Waals surface area contributed by atoms with E-state index in [1.54, 1.807) is 12.1 Å². The Bertz CT molecular complexity index is 691. The van der Waals surface area contributed by atoms with Gasteiger partial charge in [-0.05, 0) is 35.9 Å². The number of nitrogens with zero attached hydrogens (tertiary/aromatic N) is 1. The Morgan fingerprint density at radius 1 is 1.14 bits per heavy atom. The minimum Gasteiger partial charge on any atom is -0.380 e. The van der Waals surface area contributed by atoms with Crippen LogP contribution in [0.25, 0.3) is 0 Å². The summed E-state index contributed by atoms with van der Waals surface area (Å²) < 4.78 is 38.8. The van der Waals surface area contributed by atoms with Crippen molar-refractivity contribution in [3.63, 3.8) is 0 Å². The molecule has 0 aliphatic rings. The van der Waals surface area contributed by atoms with Crippen LogP contribution in [0.4, 0.5) is 18.9 Å². The van der Waals surface area contributed by atoms with Gasteiger partial charge in [0, 0.05) is 12.2 Å². The average Bonchev–Trinajstić information content (AvgIpc) is 2.52. The van der Waals surface area contributed by atoms with Gasteiger partial charge in [-0.2, -0.15) is 18.4 Å². The highest BCUT2D eigenvalue weighted by Gasteiger charge is 2.33. The predicted octanol–water partition coefficient (Wildman–Crippen LogP) is 4.04. The lowest BCUT2D eigenvalue weighted by Gasteiger charge is -2.15. The molecule has 2 aromatic carbocycles. The normalized spacial score (nSPS) is 10.9. The smallest absolute Gasteiger partial charge is 0.380 e. The highest BCUT2D eigenvalue weighted by atomic mass is 19.4. The van der Waals surface area contributed by atoms with E-state index in [4.69, 9.17) is 10.5 Å². The number of halogens is 3. The topological polar surface area (TPSA) is 65.3 Å². The van der Waals surface area contributed by atoms with Crippen LogP contribution in [0.5, 0.6) is 5.75 Å². The van der Waals surface area contributed by atoms with Crippen LogP contribution in [0, 0.1) is 11.3 Å². The van der Waals surface area contributed by atoms with Crippen molar-refractivity contribution in [2.75, 3.05) is 5.32 Å². The summed E-state index contributed by atoms with van der Waals surface area (Å²) in [5.41, 5.74) is -0.160. The summed E-state index contributed by atoms with van der Waals surface area (Å²) in [6, 6.07) is 11.1. The van der Waals surface area contributed by atoms with E-state index >= 15 is 0 Å². The maximum Gasteiger partial charge on any atom is 0.418 e. The molecular weight excluding hydrogens is 297 g/mol. The van der Waals surface area contributed by atoms with Crippen molar-refractivity contribution in [2.24, 2.45) is 0 Å². The molecule has 0 saturated carbocycles. The van der Waals surface area contributed by atoms with Crippen molar-refractivity contribution >= 4 is 5.69 Å². The molecule has 0 bridgehead atoms. The molecule has 0 heterocycles. The minimum atomic E-state index is -4.51. The number of alkyl halides is 3. The summed E-state index contributed by atoms with van der Waals surface area (Å²) in [7, 11) is 0. The van der Waals surface area contributed by atoms with Gasteiger partial charge in [0.05, 0.1) is 17.2 Å². The Labute approximate surface area is 124 Å². The number of rotatable bonds is 4. The van der Waals surface area contributed by atoms with Crippen LogP contribution >= 0.6 is 0 Å². The maximum absolute atomic E-state index is 12.9. The molecule has 0 saturated heterocycles. The lowest BCUT2D eigenvalue weighted by atomic mass is 10.1. The lowest BCUT2D eigenvalue weighted by molar-refractivity contribution is -0.137. The van der Waals surface area contributed by atoms with Crippen molar-refractivity contribution in [3.05, 3.63) is 59.2 Å². The number of benzene rings is 2. The molecule has 0 amide bonds. The van der Waals surface area contributed by atoms with Gasteiger partial charge in [-0.1, -0.05) is 12.1 Å². The Kier molecular flexibility index (Phi) is 4.53. The Morgan fingerprint density at radius 3 is 2.36 bits per heavy atom. The number of hydrogen-bond acceptors (Lipinski definition) is 4. The number of nitriles is 1. The third-order valence-corrected chi connectivity index (χ3v) is 2.97. The van der Waals surface area contributed by atoms with Gasteiger partial charge < -0.3 is 10.2 Å². The van der Waals surface area contributed by atoms with Crippen LogP contribution in [-0.2, 0) is 12.7 Å². The van der Waals surface area contributed by atoms with Crippen molar-refractivity contribution < 1.29 is 23.3 Å². The van der Waals surface area contributed by atoms with Gasteiger partial charge in [0.15, 0.2) is 5.75 Å². The highest BCUT2D eigenvalue weighted by Crippen LogP contribution is 2.35. The first-order valence-electron chi connectivity index (χ1n) is 6.19. The van der Waals surface area contributed by atoms with Crippen LogP contribution < -0.4 is 10.2 Å². The van der Waals surface area contributed by atoms with Crippen LogP contribution in [0.2, 0.25) is 0 Å². The monoisotopic (exact) mass is 308 g/mol. The molecule has 2 rings (SSSR count). The van der Waals surface area contributed by atoms with E-state index in [0.717, 1.165) is 18.2 Å². The molecule has 0 atom stereocenters. The van der Waals surface area contributed by atoms with Crippen LogP contribution in [0.3, 0.4) is 0 Å². The lowest BCUT2D eigenvalue weighted by Crippen LogP contribution is -2.11. The van der Waals surface area contributed by atoms with E-state index in [2.05, 4.69) is 10.2 Å². The van der Waals surface area contributed by atoms with Gasteiger partial charge in [0.2, 0.25) is 0 Å². The number of hydrogen-bond donors (Lipinski definition) is 2. The molecule has 0 radical (unpaired) electrons. The van der Waals surface area contributed by atoms with E-state index < -0.39 is 11.7 Å². The first-order chi connectivity index (χ1) is 10.4. The van der Waals surface area contributed by atoms with E-state index in [-0.39, 0.29) is 23.5 Å². The molecule has 0 aliphatic heterocycles. The third kappa shape index (κ3) is 3.68. The molecule has 114 valence electrons. The molecule has 2 N–H and O–H groups in total. The zero-order valence-corrected chi connectivity index (χ0v) is 11.2. The average molecular weight is 308 g/mol. The molecule has 22 heavy (non-hydrogen) atoms. The van der Waals surface area contributed by atoms with E-state index in [1.165, 1.54) is 12.1 Å². The fourth-order valence-corrected chi connectivity index (χ4v) is 1.87. The highest BCUT2D eigenvalue weighted by molar-refractivity contribution is 5.57. The van der Waals surface area contributed by atoms with Gasteiger partial charge >= 0.3 is 6.18 Å². The molecule has 0 spiro atoms. The standard InChI is InChI=1S/C15H11F3N2O2/c16-15(17,18)13-6-3-11(8-19)7-14(13)20-9-10-1-4-12(22-21)5-2-10/h1-7,20-21H,9H2. The SMILES string of the molecule is N#Cc1ccc(C(F)(F)F)c(NCc2ccc(OO)cc2)c1. The van der Waals surface area contributed by atoms with Crippen molar-refractivity contribution in [1.29, 1.82) is 5.26 Å². The van der Waals surface area contributed by atoms with Crippen LogP contribution in [0.15, 0.2) is 42.5 Å². The third-order valence-electron chi connectivity index (χ3n) is 2.97. The molecule has 2 aromatic rings. The zero-order valence-electron chi connectivity index (χ0n) is 11.2. The first-order valence-corrected chi connectivity index (χ1v) is 6.19. The molecule has 0 aliphatic carbocycles. The second-order valence-corrected chi connectivity index (χ2v) is 4.46. The largest absolute Gasteiger partial charge is 0.418 e. The molecule has 0 unspecified atom stereocenters. The van der Waals surface area contributed by atoms with Gasteiger partial charge in [0.1, 0.15) is 0 Å². The molecule has 4 nitrogen and oxygen atoms in total. The fraction of sp³-hybridized carbons (Fsp3) is 0.133. The maximum atomic E-state index is 12.9. The van der Waals surface area contributed by atoms with Gasteiger partial charge in [-0.3, -0.25) is 0 Å². The van der Waals surface area contributed by atoms with Gasteiger partial charge in [-0.15, -0.1) is 0 Å². The summed E-state index contributed by atoms with van der Waals surface area (Å²) in [6.45, 7) is 0.129. The van der Waals surface area contributed by atoms with E-state index in [1.807, 2.05) is 6.07 Å². The summed E-state index contributed by atoms with van der Waals surface area (Å²) in [4.78, 5) is 4.02. The molecule has 7 heteroatoms. The van der Waals surface area contributed by atoms with Gasteiger partial charge in [-0.25, -0.2) is 5.26 Å². The van der Waals surface area contributed by atoms with E-state index in [0.29, 0.717) is 5.56 Å². The predicted molar refractivity (Wildman–Crippen MR) is 73.2 cm³/mol. The van der Waals surface area contributed by atoms with Crippen LogP contribution in [0.1, 0.15) is 16.7 Å². The first kappa shape index (κ1) is 15.7. The van der Waals surface area contributed by atoms with Crippen molar-refractivity contribution in [3.8, 4) is 11.8 Å². The van der Waals surface area contributed by atoms with Crippen molar-refractivity contribution in [2.45, 2.75) is 12.7 Å². The van der Waals surface area contributed by atoms with Crippen molar-refractivity contribution in [1.82, 2.24) is 0 Å².